The van der Waals surface area contributed by atoms with Gasteiger partial charge in [0.2, 0.25) is 6.79 Å². The van der Waals surface area contributed by atoms with Crippen molar-refractivity contribution < 1.29 is 14.3 Å². The number of amides is 2. The zero-order chi connectivity index (χ0) is 15.5. The van der Waals surface area contributed by atoms with Gasteiger partial charge in [-0.1, -0.05) is 23.7 Å². The fourth-order valence-corrected chi connectivity index (χ4v) is 2.39. The normalized spacial score (nSPS) is 12.1. The van der Waals surface area contributed by atoms with Crippen LogP contribution in [-0.4, -0.2) is 24.8 Å². The van der Waals surface area contributed by atoms with E-state index in [1.165, 1.54) is 0 Å². The van der Waals surface area contributed by atoms with Gasteiger partial charge in [-0.25, -0.2) is 4.79 Å². The second-order valence-electron chi connectivity index (χ2n) is 4.98. The van der Waals surface area contributed by atoms with Gasteiger partial charge in [0.05, 0.1) is 0 Å². The van der Waals surface area contributed by atoms with E-state index in [1.807, 2.05) is 18.2 Å². The molecule has 0 fully saturated rings. The quantitative estimate of drug-likeness (QED) is 0.938. The van der Waals surface area contributed by atoms with Crippen molar-refractivity contribution in [2.24, 2.45) is 0 Å². The summed E-state index contributed by atoms with van der Waals surface area (Å²) >= 11 is 5.95. The molecular formula is C16H15ClN2O3. The van der Waals surface area contributed by atoms with Crippen LogP contribution in [0.25, 0.3) is 0 Å². The Kier molecular flexibility index (Phi) is 4.06. The van der Waals surface area contributed by atoms with Gasteiger partial charge >= 0.3 is 6.03 Å². The minimum absolute atomic E-state index is 0.209. The first kappa shape index (κ1) is 14.5. The number of fused-ring (bicyclic) bond motifs is 1. The summed E-state index contributed by atoms with van der Waals surface area (Å²) in [6.45, 7) is 0.679. The Hall–Kier alpha value is -2.40. The molecule has 1 heterocycles. The molecule has 1 aliphatic heterocycles. The Bertz CT molecular complexity index is 706. The Balaban J connectivity index is 1.64. The number of carbonyl (C=O) groups excluding carboxylic acids is 1. The maximum atomic E-state index is 12.2. The van der Waals surface area contributed by atoms with Crippen LogP contribution in [0.4, 0.5) is 10.5 Å². The molecule has 3 rings (SSSR count). The van der Waals surface area contributed by atoms with E-state index >= 15 is 0 Å². The summed E-state index contributed by atoms with van der Waals surface area (Å²) in [4.78, 5) is 13.8. The number of urea groups is 1. The average Bonchev–Trinajstić information content (AvgIpc) is 2.94. The second-order valence-corrected chi connectivity index (χ2v) is 5.42. The maximum Gasteiger partial charge on any atom is 0.321 e. The number of anilines is 1. The lowest BCUT2D eigenvalue weighted by molar-refractivity contribution is 0.174. The summed E-state index contributed by atoms with van der Waals surface area (Å²) < 4.78 is 10.5. The topological polar surface area (TPSA) is 50.8 Å². The number of carbonyl (C=O) groups is 1. The van der Waals surface area contributed by atoms with Gasteiger partial charge in [-0.15, -0.1) is 0 Å². The summed E-state index contributed by atoms with van der Waals surface area (Å²) in [5.74, 6) is 1.32. The fourth-order valence-electron chi connectivity index (χ4n) is 2.17. The predicted molar refractivity (Wildman–Crippen MR) is 84.5 cm³/mol. The first-order chi connectivity index (χ1) is 10.6. The minimum Gasteiger partial charge on any atom is -0.454 e. The lowest BCUT2D eigenvalue weighted by atomic mass is 10.2. The van der Waals surface area contributed by atoms with Crippen LogP contribution in [0.1, 0.15) is 5.56 Å². The van der Waals surface area contributed by atoms with Gasteiger partial charge in [-0.2, -0.15) is 0 Å². The van der Waals surface area contributed by atoms with Gasteiger partial charge in [0.1, 0.15) is 0 Å². The molecule has 0 spiro atoms. The summed E-state index contributed by atoms with van der Waals surface area (Å²) in [6.07, 6.45) is 0. The van der Waals surface area contributed by atoms with Crippen molar-refractivity contribution in [1.29, 1.82) is 0 Å². The van der Waals surface area contributed by atoms with E-state index in [0.717, 1.165) is 5.56 Å². The molecule has 6 heteroatoms. The van der Waals surface area contributed by atoms with E-state index in [2.05, 4.69) is 5.32 Å². The predicted octanol–water partition coefficient (Wildman–Crippen LogP) is 3.73. The highest BCUT2D eigenvalue weighted by Gasteiger charge is 2.15. The highest BCUT2D eigenvalue weighted by molar-refractivity contribution is 6.30. The lowest BCUT2D eigenvalue weighted by Crippen LogP contribution is -2.30. The van der Waals surface area contributed by atoms with Gasteiger partial charge in [0.25, 0.3) is 0 Å². The number of hydrogen-bond donors (Lipinski definition) is 1. The largest absolute Gasteiger partial charge is 0.454 e. The van der Waals surface area contributed by atoms with Gasteiger partial charge in [-0.05, 0) is 29.8 Å². The number of ether oxygens (including phenoxy) is 2. The zero-order valence-corrected chi connectivity index (χ0v) is 12.8. The van der Waals surface area contributed by atoms with E-state index in [-0.39, 0.29) is 12.8 Å². The fraction of sp³-hybridized carbons (Fsp3) is 0.188. The average molecular weight is 319 g/mol. The van der Waals surface area contributed by atoms with Gasteiger partial charge in [-0.3, -0.25) is 0 Å². The molecule has 0 aliphatic carbocycles. The summed E-state index contributed by atoms with van der Waals surface area (Å²) in [7, 11) is 1.73. The molecule has 5 nitrogen and oxygen atoms in total. The highest BCUT2D eigenvalue weighted by Crippen LogP contribution is 2.34. The van der Waals surface area contributed by atoms with Gasteiger partial charge in [0, 0.05) is 30.4 Å². The van der Waals surface area contributed by atoms with Crippen LogP contribution in [0.2, 0.25) is 5.02 Å². The molecule has 0 radical (unpaired) electrons. The summed E-state index contributed by atoms with van der Waals surface area (Å²) in [5, 5.41) is 3.48. The van der Waals surface area contributed by atoms with Crippen LogP contribution >= 0.6 is 11.6 Å². The van der Waals surface area contributed by atoms with Crippen molar-refractivity contribution in [1.82, 2.24) is 4.90 Å². The number of halogens is 1. The number of benzene rings is 2. The SMILES string of the molecule is CN(Cc1cccc(Cl)c1)C(=O)Nc1ccc2c(c1)OCO2. The number of rotatable bonds is 3. The molecule has 0 saturated heterocycles. The molecule has 0 saturated carbocycles. The third-order valence-corrected chi connectivity index (χ3v) is 3.51. The molecule has 2 amide bonds. The molecule has 2 aromatic rings. The van der Waals surface area contributed by atoms with E-state index in [1.54, 1.807) is 36.2 Å². The van der Waals surface area contributed by atoms with Gasteiger partial charge < -0.3 is 19.7 Å². The van der Waals surface area contributed by atoms with Crippen molar-refractivity contribution in [3.05, 3.63) is 53.1 Å². The molecular weight excluding hydrogens is 304 g/mol. The van der Waals surface area contributed by atoms with Crippen molar-refractivity contribution in [3.63, 3.8) is 0 Å². The Labute approximate surface area is 133 Å². The summed E-state index contributed by atoms with van der Waals surface area (Å²) in [5.41, 5.74) is 1.63. The molecule has 0 aromatic heterocycles. The van der Waals surface area contributed by atoms with E-state index in [0.29, 0.717) is 28.8 Å². The first-order valence-corrected chi connectivity index (χ1v) is 7.16. The van der Waals surface area contributed by atoms with Crippen LogP contribution in [0.15, 0.2) is 42.5 Å². The molecule has 0 unspecified atom stereocenters. The van der Waals surface area contributed by atoms with Crippen molar-refractivity contribution in [2.75, 3.05) is 19.2 Å². The zero-order valence-electron chi connectivity index (χ0n) is 12.0. The molecule has 1 aliphatic rings. The van der Waals surface area contributed by atoms with Crippen LogP contribution < -0.4 is 14.8 Å². The molecule has 1 N–H and O–H groups in total. The van der Waals surface area contributed by atoms with Gasteiger partial charge in [0.15, 0.2) is 11.5 Å². The maximum absolute atomic E-state index is 12.2. The van der Waals surface area contributed by atoms with E-state index in [4.69, 9.17) is 21.1 Å². The van der Waals surface area contributed by atoms with E-state index in [9.17, 15) is 4.79 Å². The van der Waals surface area contributed by atoms with Crippen LogP contribution in [0.5, 0.6) is 11.5 Å². The second kappa shape index (κ2) is 6.15. The number of nitrogens with zero attached hydrogens (tertiary/aromatic N) is 1. The minimum atomic E-state index is -0.209. The smallest absolute Gasteiger partial charge is 0.321 e. The van der Waals surface area contributed by atoms with Crippen molar-refractivity contribution >= 4 is 23.3 Å². The Morgan fingerprint density at radius 1 is 1.23 bits per heavy atom. The van der Waals surface area contributed by atoms with E-state index < -0.39 is 0 Å². The molecule has 22 heavy (non-hydrogen) atoms. The van der Waals surface area contributed by atoms with Crippen molar-refractivity contribution in [2.45, 2.75) is 6.54 Å². The van der Waals surface area contributed by atoms with Crippen molar-refractivity contribution in [3.8, 4) is 11.5 Å². The molecule has 0 bridgehead atoms. The standard InChI is InChI=1S/C16H15ClN2O3/c1-19(9-11-3-2-4-12(17)7-11)16(20)18-13-5-6-14-15(8-13)22-10-21-14/h2-8H,9-10H2,1H3,(H,18,20). The molecule has 114 valence electrons. The van der Waals surface area contributed by atoms with Crippen LogP contribution in [-0.2, 0) is 6.54 Å². The highest BCUT2D eigenvalue weighted by atomic mass is 35.5. The van der Waals surface area contributed by atoms with Crippen LogP contribution in [0, 0.1) is 0 Å². The Morgan fingerprint density at radius 3 is 2.86 bits per heavy atom. The molecule has 2 aromatic carbocycles. The summed E-state index contributed by atoms with van der Waals surface area (Å²) in [6, 6.07) is 12.5. The third kappa shape index (κ3) is 3.26. The number of hydrogen-bond acceptors (Lipinski definition) is 3. The third-order valence-electron chi connectivity index (χ3n) is 3.28. The number of nitrogens with one attached hydrogen (secondary N) is 1. The first-order valence-electron chi connectivity index (χ1n) is 6.78. The van der Waals surface area contributed by atoms with Crippen LogP contribution in [0.3, 0.4) is 0 Å². The Morgan fingerprint density at radius 2 is 2.05 bits per heavy atom. The lowest BCUT2D eigenvalue weighted by Gasteiger charge is -2.18. The monoisotopic (exact) mass is 318 g/mol. The molecule has 0 atom stereocenters.